The number of nitrogens with zero attached hydrogens (tertiary/aromatic N) is 3. The molecule has 0 saturated carbocycles. The molecule has 0 fully saturated rings. The van der Waals surface area contributed by atoms with Gasteiger partial charge in [-0.05, 0) is 5.53 Å². The molecule has 0 aliphatic heterocycles. The quantitative estimate of drug-likeness (QED) is 0.165. The average molecular weight is 334 g/mol. The summed E-state index contributed by atoms with van der Waals surface area (Å²) < 4.78 is 26.2. The van der Waals surface area contributed by atoms with Crippen molar-refractivity contribution in [3.8, 4) is 0 Å². The fourth-order valence-electron chi connectivity index (χ4n) is 1.30. The van der Waals surface area contributed by atoms with Gasteiger partial charge in [-0.3, -0.25) is 4.79 Å². The molecule has 134 valence electrons. The minimum atomic E-state index is -0.374. The molecule has 0 bridgehead atoms. The van der Waals surface area contributed by atoms with E-state index < -0.39 is 0 Å². The third-order valence-electron chi connectivity index (χ3n) is 2.38. The number of hydrogen-bond acceptors (Lipinski definition) is 7. The number of carbonyl (C=O) groups is 1. The normalized spacial score (nSPS) is 10.4. The van der Waals surface area contributed by atoms with Gasteiger partial charge in [0.15, 0.2) is 0 Å². The topological polar surface area (TPSA) is 138 Å². The predicted octanol–water partition coefficient (Wildman–Crippen LogP) is 0.255. The molecule has 0 aromatic rings. The lowest BCUT2D eigenvalue weighted by Crippen LogP contribution is -2.16. The van der Waals surface area contributed by atoms with E-state index in [4.69, 9.17) is 34.9 Å². The van der Waals surface area contributed by atoms with E-state index in [0.717, 1.165) is 0 Å². The number of azide groups is 1. The monoisotopic (exact) mass is 334 g/mol. The molecular formula is C13H26N4O6. The van der Waals surface area contributed by atoms with Crippen LogP contribution in [0.4, 0.5) is 0 Å². The molecule has 0 spiro atoms. The zero-order valence-electron chi connectivity index (χ0n) is 13.4. The van der Waals surface area contributed by atoms with E-state index in [0.29, 0.717) is 72.6 Å². The first-order valence-electron chi connectivity index (χ1n) is 7.45. The van der Waals surface area contributed by atoms with Crippen molar-refractivity contribution in [3.63, 3.8) is 0 Å². The minimum absolute atomic E-state index is 0.224. The SMILES string of the molecule is [N-]=[N+]=NCCOCCOCCOCCOCCOCCC(N)=O. The van der Waals surface area contributed by atoms with Crippen LogP contribution in [0.25, 0.3) is 10.4 Å². The predicted molar refractivity (Wildman–Crippen MR) is 81.9 cm³/mol. The van der Waals surface area contributed by atoms with Crippen LogP contribution in [0.15, 0.2) is 5.11 Å². The molecule has 0 aromatic carbocycles. The fraction of sp³-hybridized carbons (Fsp3) is 0.923. The van der Waals surface area contributed by atoms with Crippen LogP contribution < -0.4 is 5.73 Å². The van der Waals surface area contributed by atoms with Gasteiger partial charge in [-0.1, -0.05) is 5.11 Å². The zero-order chi connectivity index (χ0) is 17.0. The lowest BCUT2D eigenvalue weighted by Gasteiger charge is -2.07. The molecule has 0 aliphatic rings. The fourth-order valence-corrected chi connectivity index (χ4v) is 1.30. The van der Waals surface area contributed by atoms with Gasteiger partial charge in [0.25, 0.3) is 0 Å². The second-order valence-corrected chi connectivity index (χ2v) is 4.23. The van der Waals surface area contributed by atoms with Crippen LogP contribution in [0.1, 0.15) is 6.42 Å². The van der Waals surface area contributed by atoms with Crippen molar-refractivity contribution in [3.05, 3.63) is 10.4 Å². The molecular weight excluding hydrogens is 308 g/mol. The summed E-state index contributed by atoms with van der Waals surface area (Å²) >= 11 is 0. The van der Waals surface area contributed by atoms with Crippen molar-refractivity contribution in [2.45, 2.75) is 6.42 Å². The Kier molecular flexibility index (Phi) is 17.5. The van der Waals surface area contributed by atoms with Crippen LogP contribution in [-0.4, -0.2) is 78.5 Å². The smallest absolute Gasteiger partial charge is 0.219 e. The number of rotatable bonds is 18. The van der Waals surface area contributed by atoms with Crippen LogP contribution in [0.3, 0.4) is 0 Å². The molecule has 0 unspecified atom stereocenters. The second-order valence-electron chi connectivity index (χ2n) is 4.23. The summed E-state index contributed by atoms with van der Waals surface area (Å²) in [6.07, 6.45) is 0.224. The molecule has 10 nitrogen and oxygen atoms in total. The van der Waals surface area contributed by atoms with Gasteiger partial charge in [-0.25, -0.2) is 0 Å². The zero-order valence-corrected chi connectivity index (χ0v) is 13.4. The highest BCUT2D eigenvalue weighted by Gasteiger charge is 1.95. The summed E-state index contributed by atoms with van der Waals surface area (Å²) in [6.45, 7) is 4.77. The lowest BCUT2D eigenvalue weighted by molar-refractivity contribution is -0.119. The number of nitrogens with two attached hydrogens (primary N) is 1. The molecule has 0 aromatic heterocycles. The van der Waals surface area contributed by atoms with Crippen LogP contribution in [-0.2, 0) is 28.5 Å². The lowest BCUT2D eigenvalue weighted by atomic mass is 10.4. The van der Waals surface area contributed by atoms with Crippen LogP contribution in [0.2, 0.25) is 0 Å². The van der Waals surface area contributed by atoms with Crippen molar-refractivity contribution < 1.29 is 28.5 Å². The molecule has 0 radical (unpaired) electrons. The molecule has 0 aliphatic carbocycles. The van der Waals surface area contributed by atoms with E-state index in [9.17, 15) is 4.79 Å². The van der Waals surface area contributed by atoms with E-state index in [-0.39, 0.29) is 12.3 Å². The van der Waals surface area contributed by atoms with Crippen molar-refractivity contribution in [1.29, 1.82) is 0 Å². The average Bonchev–Trinajstić information content (AvgIpc) is 2.53. The maximum Gasteiger partial charge on any atom is 0.219 e. The van der Waals surface area contributed by atoms with Crippen LogP contribution in [0.5, 0.6) is 0 Å². The number of amides is 1. The first-order valence-corrected chi connectivity index (χ1v) is 7.45. The summed E-state index contributed by atoms with van der Waals surface area (Å²) in [5.74, 6) is -0.374. The van der Waals surface area contributed by atoms with Gasteiger partial charge in [0.1, 0.15) is 0 Å². The minimum Gasteiger partial charge on any atom is -0.379 e. The largest absolute Gasteiger partial charge is 0.379 e. The summed E-state index contributed by atoms with van der Waals surface area (Å²) in [7, 11) is 0. The van der Waals surface area contributed by atoms with Gasteiger partial charge in [0.05, 0.1) is 66.1 Å². The van der Waals surface area contributed by atoms with Gasteiger partial charge >= 0.3 is 0 Å². The Morgan fingerprint density at radius 2 is 1.17 bits per heavy atom. The summed E-state index contributed by atoms with van der Waals surface area (Å²) in [5, 5.41) is 3.34. The molecule has 23 heavy (non-hydrogen) atoms. The van der Waals surface area contributed by atoms with Gasteiger partial charge in [-0.2, -0.15) is 0 Å². The van der Waals surface area contributed by atoms with E-state index in [2.05, 4.69) is 10.0 Å². The van der Waals surface area contributed by atoms with E-state index in [1.54, 1.807) is 0 Å². The van der Waals surface area contributed by atoms with Gasteiger partial charge < -0.3 is 29.4 Å². The Hall–Kier alpha value is -1.42. The second kappa shape index (κ2) is 18.6. The van der Waals surface area contributed by atoms with Crippen molar-refractivity contribution in [2.75, 3.05) is 72.6 Å². The molecule has 0 atom stereocenters. The van der Waals surface area contributed by atoms with Crippen LogP contribution >= 0.6 is 0 Å². The highest BCUT2D eigenvalue weighted by Crippen LogP contribution is 1.85. The number of hydrogen-bond donors (Lipinski definition) is 1. The van der Waals surface area contributed by atoms with Crippen molar-refractivity contribution in [1.82, 2.24) is 0 Å². The van der Waals surface area contributed by atoms with Crippen molar-refractivity contribution in [2.24, 2.45) is 10.8 Å². The highest BCUT2D eigenvalue weighted by molar-refractivity contribution is 5.73. The number of primary amides is 1. The van der Waals surface area contributed by atoms with Gasteiger partial charge in [0.2, 0.25) is 5.91 Å². The van der Waals surface area contributed by atoms with E-state index >= 15 is 0 Å². The summed E-state index contributed by atoms with van der Waals surface area (Å²) in [6, 6.07) is 0. The molecule has 0 rings (SSSR count). The molecule has 1 amide bonds. The number of ether oxygens (including phenoxy) is 5. The number of carbonyl (C=O) groups excluding carboxylic acids is 1. The third kappa shape index (κ3) is 20.6. The molecule has 2 N–H and O–H groups in total. The molecule has 10 heteroatoms. The summed E-state index contributed by atoms with van der Waals surface area (Å²) in [5.41, 5.74) is 13.0. The Morgan fingerprint density at radius 3 is 1.57 bits per heavy atom. The Balaban J connectivity index is 3.00. The molecule has 0 saturated heterocycles. The highest BCUT2D eigenvalue weighted by atomic mass is 16.6. The maximum atomic E-state index is 10.4. The third-order valence-corrected chi connectivity index (χ3v) is 2.38. The van der Waals surface area contributed by atoms with Crippen LogP contribution in [0, 0.1) is 0 Å². The van der Waals surface area contributed by atoms with E-state index in [1.807, 2.05) is 0 Å². The Bertz CT molecular complexity index is 310. The maximum absolute atomic E-state index is 10.4. The standard InChI is InChI=1S/C13H26N4O6/c14-13(18)1-3-19-5-7-21-9-11-23-12-10-22-8-6-20-4-2-16-17-15/h1-12H2,(H2,14,18). The molecule has 0 heterocycles. The van der Waals surface area contributed by atoms with E-state index in [1.165, 1.54) is 0 Å². The summed E-state index contributed by atoms with van der Waals surface area (Å²) in [4.78, 5) is 13.0. The van der Waals surface area contributed by atoms with Crippen molar-refractivity contribution >= 4 is 5.91 Å². The first kappa shape index (κ1) is 21.6. The Labute approximate surface area is 135 Å². The Morgan fingerprint density at radius 1 is 0.783 bits per heavy atom. The van der Waals surface area contributed by atoms with Gasteiger partial charge in [0, 0.05) is 17.9 Å². The first-order chi connectivity index (χ1) is 11.3. The van der Waals surface area contributed by atoms with Gasteiger partial charge in [-0.15, -0.1) is 0 Å².